The molecule has 0 aliphatic carbocycles. The second-order valence-corrected chi connectivity index (χ2v) is 4.44. The fraction of sp³-hybridized carbons (Fsp3) is 0.400. The molecule has 0 fully saturated rings. The molecule has 0 aromatic heterocycles. The first-order chi connectivity index (χ1) is 7.56. The number of benzene rings is 1. The molecule has 1 heteroatoms. The van der Waals surface area contributed by atoms with Crippen molar-refractivity contribution in [3.8, 4) is 11.8 Å². The number of fused-ring (bicyclic) bond motifs is 1. The van der Waals surface area contributed by atoms with E-state index in [4.69, 9.17) is 0 Å². The Morgan fingerprint density at radius 3 is 2.19 bits per heavy atom. The largest absolute Gasteiger partial charge is 0.243 e. The Bertz CT molecular complexity index is 551. The van der Waals surface area contributed by atoms with E-state index in [2.05, 4.69) is 44.5 Å². The van der Waals surface area contributed by atoms with E-state index in [0.29, 0.717) is 0 Å². The van der Waals surface area contributed by atoms with Gasteiger partial charge in [0.2, 0.25) is 0 Å². The van der Waals surface area contributed by atoms with Crippen LogP contribution in [0, 0.1) is 39.5 Å². The summed E-state index contributed by atoms with van der Waals surface area (Å²) in [7, 11) is 0. The van der Waals surface area contributed by atoms with Crippen LogP contribution in [0.1, 0.15) is 34.7 Å². The van der Waals surface area contributed by atoms with E-state index < -0.39 is 0 Å². The summed E-state index contributed by atoms with van der Waals surface area (Å²) in [6, 6.07) is 0. The number of hydrogen-bond acceptors (Lipinski definition) is 1. The van der Waals surface area contributed by atoms with Crippen LogP contribution in [0.3, 0.4) is 0 Å². The van der Waals surface area contributed by atoms with Gasteiger partial charge in [-0.3, -0.25) is 0 Å². The summed E-state index contributed by atoms with van der Waals surface area (Å²) in [6.45, 7) is 10.6. The molecule has 0 atom stereocenters. The maximum atomic E-state index is 4.65. The highest BCUT2D eigenvalue weighted by Gasteiger charge is 2.20. The fourth-order valence-electron chi connectivity index (χ4n) is 2.30. The van der Waals surface area contributed by atoms with Crippen molar-refractivity contribution < 1.29 is 0 Å². The van der Waals surface area contributed by atoms with Crippen LogP contribution >= 0.6 is 0 Å². The van der Waals surface area contributed by atoms with Crippen LogP contribution in [0.25, 0.3) is 0 Å². The van der Waals surface area contributed by atoms with E-state index in [0.717, 1.165) is 12.1 Å². The van der Waals surface area contributed by atoms with Crippen molar-refractivity contribution in [1.29, 1.82) is 0 Å². The topological polar surface area (TPSA) is 12.4 Å². The van der Waals surface area contributed by atoms with Gasteiger partial charge in [-0.25, -0.2) is 4.99 Å². The molecule has 1 nitrogen and oxygen atoms in total. The smallest absolute Gasteiger partial charge is 0.0951 e. The molecule has 2 rings (SSSR count). The van der Waals surface area contributed by atoms with Crippen LogP contribution in [0.5, 0.6) is 0 Å². The highest BCUT2D eigenvalue weighted by atomic mass is 14.8. The summed E-state index contributed by atoms with van der Waals surface area (Å²) in [6.07, 6.45) is 0.907. The third-order valence-corrected chi connectivity index (χ3v) is 3.64. The van der Waals surface area contributed by atoms with Crippen LogP contribution in [-0.4, -0.2) is 5.71 Å². The van der Waals surface area contributed by atoms with Crippen LogP contribution < -0.4 is 0 Å². The average Bonchev–Trinajstić information content (AvgIpc) is 2.68. The minimum absolute atomic E-state index is 0.907. The van der Waals surface area contributed by atoms with Crippen LogP contribution in [-0.2, 0) is 6.42 Å². The van der Waals surface area contributed by atoms with E-state index in [9.17, 15) is 0 Å². The molecule has 1 aliphatic rings. The molecule has 0 unspecified atom stereocenters. The van der Waals surface area contributed by atoms with E-state index in [1.807, 2.05) is 6.92 Å². The minimum Gasteiger partial charge on any atom is -0.243 e. The Balaban J connectivity index is 2.66. The van der Waals surface area contributed by atoms with Gasteiger partial charge < -0.3 is 0 Å². The lowest BCUT2D eigenvalue weighted by molar-refractivity contribution is 1.17. The summed E-state index contributed by atoms with van der Waals surface area (Å²) in [5.41, 5.74) is 9.01. The van der Waals surface area contributed by atoms with Gasteiger partial charge in [0.1, 0.15) is 0 Å². The summed E-state index contributed by atoms with van der Waals surface area (Å²) in [5, 5.41) is 0. The molecule has 0 amide bonds. The molecule has 16 heavy (non-hydrogen) atoms. The van der Waals surface area contributed by atoms with Gasteiger partial charge in [-0.1, -0.05) is 5.92 Å². The lowest BCUT2D eigenvalue weighted by atomic mass is 9.92. The first kappa shape index (κ1) is 11.0. The van der Waals surface area contributed by atoms with Crippen molar-refractivity contribution in [3.63, 3.8) is 0 Å². The Morgan fingerprint density at radius 2 is 1.56 bits per heavy atom. The number of rotatable bonds is 0. The zero-order chi connectivity index (χ0) is 11.9. The quantitative estimate of drug-likeness (QED) is 0.582. The molecule has 1 heterocycles. The van der Waals surface area contributed by atoms with Crippen LogP contribution in [0.2, 0.25) is 0 Å². The van der Waals surface area contributed by atoms with E-state index in [1.165, 1.54) is 33.5 Å². The first-order valence-corrected chi connectivity index (χ1v) is 5.65. The van der Waals surface area contributed by atoms with Crippen LogP contribution in [0.4, 0.5) is 5.69 Å². The highest BCUT2D eigenvalue weighted by molar-refractivity contribution is 6.07. The molecular weight excluding hydrogens is 194 g/mol. The standard InChI is InChI=1S/C15H17N/c1-6-7-13-8-14-11(4)9(2)10(3)12(5)15(14)16-13/h8H2,1-5H3. The predicted octanol–water partition coefficient (Wildman–Crippen LogP) is 3.57. The molecule has 0 spiro atoms. The summed E-state index contributed by atoms with van der Waals surface area (Å²) in [4.78, 5) is 4.65. The van der Waals surface area contributed by atoms with Gasteiger partial charge in [-0.2, -0.15) is 0 Å². The number of nitrogens with zero attached hydrogens (tertiary/aromatic N) is 1. The van der Waals surface area contributed by atoms with Crippen molar-refractivity contribution in [2.24, 2.45) is 4.99 Å². The number of aliphatic imine (C=N–C) groups is 1. The SMILES string of the molecule is CC#CC1=Nc2c(C)c(C)c(C)c(C)c2C1. The lowest BCUT2D eigenvalue weighted by Crippen LogP contribution is -1.98. The van der Waals surface area contributed by atoms with Gasteiger partial charge in [0.05, 0.1) is 11.4 Å². The van der Waals surface area contributed by atoms with Gasteiger partial charge >= 0.3 is 0 Å². The van der Waals surface area contributed by atoms with Crippen molar-refractivity contribution in [1.82, 2.24) is 0 Å². The zero-order valence-corrected chi connectivity index (χ0v) is 10.7. The van der Waals surface area contributed by atoms with E-state index in [1.54, 1.807) is 0 Å². The van der Waals surface area contributed by atoms with E-state index >= 15 is 0 Å². The maximum Gasteiger partial charge on any atom is 0.0951 e. The van der Waals surface area contributed by atoms with Crippen molar-refractivity contribution in [2.45, 2.75) is 41.0 Å². The van der Waals surface area contributed by atoms with Crippen molar-refractivity contribution >= 4 is 11.4 Å². The van der Waals surface area contributed by atoms with Crippen molar-refractivity contribution in [2.75, 3.05) is 0 Å². The van der Waals surface area contributed by atoms with Crippen molar-refractivity contribution in [3.05, 3.63) is 27.8 Å². The van der Waals surface area contributed by atoms with Gasteiger partial charge in [0, 0.05) is 6.42 Å². The van der Waals surface area contributed by atoms with Gasteiger partial charge in [0.25, 0.3) is 0 Å². The molecule has 1 aromatic rings. The summed E-state index contributed by atoms with van der Waals surface area (Å²) in [5.74, 6) is 6.02. The Morgan fingerprint density at radius 1 is 0.938 bits per heavy atom. The minimum atomic E-state index is 0.907. The van der Waals surface area contributed by atoms with Gasteiger partial charge in [0.15, 0.2) is 0 Å². The monoisotopic (exact) mass is 211 g/mol. The Hall–Kier alpha value is -1.55. The third kappa shape index (κ3) is 1.46. The molecule has 0 bridgehead atoms. The average molecular weight is 211 g/mol. The third-order valence-electron chi connectivity index (χ3n) is 3.64. The summed E-state index contributed by atoms with van der Waals surface area (Å²) < 4.78 is 0. The highest BCUT2D eigenvalue weighted by Crippen LogP contribution is 2.37. The van der Waals surface area contributed by atoms with Gasteiger partial charge in [-0.05, 0) is 62.4 Å². The molecule has 0 radical (unpaired) electrons. The Labute approximate surface area is 97.6 Å². The zero-order valence-electron chi connectivity index (χ0n) is 10.7. The fourth-order valence-corrected chi connectivity index (χ4v) is 2.30. The molecule has 0 N–H and O–H groups in total. The Kier molecular flexibility index (Phi) is 2.59. The normalized spacial score (nSPS) is 12.9. The molecule has 1 aliphatic heterocycles. The van der Waals surface area contributed by atoms with E-state index in [-0.39, 0.29) is 0 Å². The molecular formula is C15H17N. The molecule has 0 saturated carbocycles. The predicted molar refractivity (Wildman–Crippen MR) is 69.6 cm³/mol. The number of hydrogen-bond donors (Lipinski definition) is 0. The van der Waals surface area contributed by atoms with Crippen LogP contribution in [0.15, 0.2) is 4.99 Å². The first-order valence-electron chi connectivity index (χ1n) is 5.65. The van der Waals surface area contributed by atoms with Gasteiger partial charge in [-0.15, -0.1) is 5.92 Å². The maximum absolute atomic E-state index is 4.65. The molecule has 82 valence electrons. The molecule has 1 aromatic carbocycles. The lowest BCUT2D eigenvalue weighted by Gasteiger charge is -2.13. The second-order valence-electron chi connectivity index (χ2n) is 4.44. The molecule has 0 saturated heterocycles. The second kappa shape index (κ2) is 3.79. The summed E-state index contributed by atoms with van der Waals surface area (Å²) >= 11 is 0.